The first-order chi connectivity index (χ1) is 35.3. The Bertz CT molecular complexity index is 4470. The number of allylic oxidation sites excluding steroid dienone is 4. The normalized spacial score (nSPS) is 14.8. The second kappa shape index (κ2) is 15.8. The maximum Gasteiger partial charge on any atom is 0.156 e. The van der Waals surface area contributed by atoms with E-state index in [0.717, 1.165) is 12.1 Å². The molecule has 4 heterocycles. The van der Waals surface area contributed by atoms with Crippen molar-refractivity contribution in [3.63, 3.8) is 0 Å². The molecule has 3 nitrogen and oxygen atoms in total. The third-order valence-electron chi connectivity index (χ3n) is 15.6. The highest BCUT2D eigenvalue weighted by Crippen LogP contribution is 2.43. The zero-order valence-electron chi connectivity index (χ0n) is 38.8. The molecule has 0 fully saturated rings. The van der Waals surface area contributed by atoms with Crippen LogP contribution in [0.2, 0.25) is 5.54 Å². The molecule has 4 aromatic heterocycles. The number of benzene rings is 10. The minimum absolute atomic E-state index is 0.250. The van der Waals surface area contributed by atoms with E-state index in [1.54, 1.807) is 0 Å². The van der Waals surface area contributed by atoms with Gasteiger partial charge < -0.3 is 13.7 Å². The van der Waals surface area contributed by atoms with Gasteiger partial charge in [-0.05, 0) is 94.3 Å². The Morgan fingerprint density at radius 2 is 0.930 bits per heavy atom. The van der Waals surface area contributed by atoms with Gasteiger partial charge in [0.1, 0.15) is 0 Å². The van der Waals surface area contributed by atoms with Gasteiger partial charge in [0, 0.05) is 59.2 Å². The summed E-state index contributed by atoms with van der Waals surface area (Å²) in [5, 5.41) is 14.5. The summed E-state index contributed by atoms with van der Waals surface area (Å²) in [6.45, 7) is 0. The Morgan fingerprint density at radius 3 is 1.66 bits per heavy atom. The Kier molecular flexibility index (Phi) is 8.98. The van der Waals surface area contributed by atoms with Crippen LogP contribution in [0.3, 0.4) is 0 Å². The van der Waals surface area contributed by atoms with Crippen LogP contribution in [0, 0.1) is 0 Å². The minimum atomic E-state index is -3.00. The molecule has 71 heavy (non-hydrogen) atoms. The van der Waals surface area contributed by atoms with Crippen LogP contribution < -0.4 is 15.6 Å². The van der Waals surface area contributed by atoms with Gasteiger partial charge in [-0.25, -0.2) is 0 Å². The maximum absolute atomic E-state index is 3.00. The van der Waals surface area contributed by atoms with Gasteiger partial charge >= 0.3 is 0 Å². The molecule has 2 atom stereocenters. The monoisotopic (exact) mass is 939 g/mol. The van der Waals surface area contributed by atoms with Crippen LogP contribution in [-0.4, -0.2) is 21.8 Å². The van der Waals surface area contributed by atoms with Crippen molar-refractivity contribution in [2.24, 2.45) is 0 Å². The molecule has 10 aromatic carbocycles. The van der Waals surface area contributed by atoms with Crippen molar-refractivity contribution in [2.45, 2.75) is 12.0 Å². The molecule has 14 aromatic rings. The van der Waals surface area contributed by atoms with E-state index < -0.39 is 8.07 Å². The highest BCUT2D eigenvalue weighted by Gasteiger charge is 2.47. The van der Waals surface area contributed by atoms with Crippen molar-refractivity contribution >= 4 is 121 Å². The smallest absolute Gasteiger partial charge is 0.156 e. The lowest BCUT2D eigenvalue weighted by atomic mass is 10.1. The predicted molar refractivity (Wildman–Crippen MR) is 307 cm³/mol. The molecule has 1 aliphatic rings. The molecule has 0 spiro atoms. The summed E-state index contributed by atoms with van der Waals surface area (Å²) in [4.78, 5) is 0. The summed E-state index contributed by atoms with van der Waals surface area (Å²) in [7, 11) is -3.00. The van der Waals surface area contributed by atoms with Crippen LogP contribution in [0.5, 0.6) is 0 Å². The summed E-state index contributed by atoms with van der Waals surface area (Å²) in [6.07, 6.45) is 10.4. The first-order valence-corrected chi connectivity index (χ1v) is 27.6. The fraction of sp³-hybridized carbons (Fsp3) is 0.0303. The zero-order chi connectivity index (χ0) is 46.6. The topological polar surface area (TPSA) is 14.8 Å². The largest absolute Gasteiger partial charge is 0.309 e. The zero-order valence-corrected chi connectivity index (χ0v) is 40.6. The molecule has 0 N–H and O–H groups in total. The van der Waals surface area contributed by atoms with E-state index in [1.807, 2.05) is 11.3 Å². The van der Waals surface area contributed by atoms with E-state index in [4.69, 9.17) is 0 Å². The summed E-state index contributed by atoms with van der Waals surface area (Å²) >= 11 is 1.89. The van der Waals surface area contributed by atoms with E-state index in [2.05, 4.69) is 269 Å². The lowest BCUT2D eigenvalue weighted by molar-refractivity contribution is 0.998. The van der Waals surface area contributed by atoms with Crippen molar-refractivity contribution in [1.82, 2.24) is 13.7 Å². The lowest BCUT2D eigenvalue weighted by Crippen LogP contribution is -2.69. The Labute approximate surface area is 415 Å². The molecule has 0 bridgehead atoms. The molecule has 0 radical (unpaired) electrons. The lowest BCUT2D eigenvalue weighted by Gasteiger charge is -2.40. The summed E-state index contributed by atoms with van der Waals surface area (Å²) in [5.74, 6) is 0. The predicted octanol–water partition coefficient (Wildman–Crippen LogP) is 15.7. The van der Waals surface area contributed by atoms with Gasteiger partial charge in [-0.3, -0.25) is 0 Å². The number of nitrogens with zero attached hydrogens (tertiary/aromatic N) is 3. The summed E-state index contributed by atoms with van der Waals surface area (Å²) < 4.78 is 10.2. The van der Waals surface area contributed by atoms with Crippen molar-refractivity contribution in [3.8, 4) is 17.1 Å². The summed E-state index contributed by atoms with van der Waals surface area (Å²) in [5.41, 5.74) is 11.1. The standard InChI is InChI=1S/C66H45N3SSi/c1-3-21-46(22-4-1)71(47-23-5-2-6-24-47,48-25-17-20-44(42-48)67-56-32-12-7-26-49(56)50-27-8-13-33-57(50)67)64-39-19-36-60-65(64)55-30-10-15-35-59(55)68(60)45-40-41-52-51-28-9-14-34-58(51)69(62(52)43-45)61-37-18-31-54-53-29-11-16-38-63(53)70-66(54)61/h1-23,25-43,47H,24H2. The minimum Gasteiger partial charge on any atom is -0.309 e. The van der Waals surface area contributed by atoms with Crippen LogP contribution in [0.15, 0.2) is 255 Å². The number of fused-ring (bicyclic) bond motifs is 12. The number of thiophene rings is 1. The molecule has 0 saturated heterocycles. The van der Waals surface area contributed by atoms with Gasteiger partial charge in [-0.2, -0.15) is 0 Å². The third-order valence-corrected chi connectivity index (χ3v) is 22.0. The number of hydrogen-bond donors (Lipinski definition) is 0. The number of hydrogen-bond acceptors (Lipinski definition) is 1. The van der Waals surface area contributed by atoms with Crippen LogP contribution in [0.4, 0.5) is 0 Å². The molecule has 2 unspecified atom stereocenters. The van der Waals surface area contributed by atoms with Gasteiger partial charge in [0.05, 0.1) is 43.5 Å². The maximum atomic E-state index is 2.55. The second-order valence-electron chi connectivity index (χ2n) is 19.1. The highest BCUT2D eigenvalue weighted by atomic mass is 32.1. The molecule has 0 aliphatic heterocycles. The van der Waals surface area contributed by atoms with Crippen LogP contribution in [0.25, 0.3) is 103 Å². The van der Waals surface area contributed by atoms with E-state index in [-0.39, 0.29) is 5.54 Å². The quantitative estimate of drug-likeness (QED) is 0.112. The van der Waals surface area contributed by atoms with Gasteiger partial charge in [0.25, 0.3) is 0 Å². The molecular weight excluding hydrogens is 895 g/mol. The van der Waals surface area contributed by atoms with E-state index in [0.29, 0.717) is 0 Å². The molecule has 334 valence electrons. The van der Waals surface area contributed by atoms with Crippen molar-refractivity contribution in [2.75, 3.05) is 0 Å². The van der Waals surface area contributed by atoms with E-state index in [1.165, 1.54) is 113 Å². The second-order valence-corrected chi connectivity index (χ2v) is 24.2. The first kappa shape index (κ1) is 40.4. The molecule has 1 aliphatic carbocycles. The molecular formula is C66H45N3SSi. The van der Waals surface area contributed by atoms with Gasteiger partial charge in [0.15, 0.2) is 8.07 Å². The van der Waals surface area contributed by atoms with Crippen LogP contribution >= 0.6 is 11.3 Å². The third kappa shape index (κ3) is 5.82. The van der Waals surface area contributed by atoms with Crippen LogP contribution in [0.1, 0.15) is 6.42 Å². The van der Waals surface area contributed by atoms with Gasteiger partial charge in [-0.15, -0.1) is 11.3 Å². The Hall–Kier alpha value is -8.48. The van der Waals surface area contributed by atoms with Crippen molar-refractivity contribution < 1.29 is 0 Å². The van der Waals surface area contributed by atoms with Gasteiger partial charge in [0.2, 0.25) is 0 Å². The number of para-hydroxylation sites is 4. The fourth-order valence-electron chi connectivity index (χ4n) is 12.7. The molecule has 15 rings (SSSR count). The SMILES string of the molecule is C1=CCC([Si](c2ccccc2)(c2cccc(-n3c4ccccc4c4ccccc43)c2)c2cccc3c2c2ccccc2n3-c2ccc3c4ccccc4n(-c4cccc5c4sc4ccccc45)c3c2)C=C1. The number of rotatable bonds is 7. The Morgan fingerprint density at radius 1 is 0.380 bits per heavy atom. The molecule has 0 saturated carbocycles. The average Bonchev–Trinajstić information content (AvgIpc) is 4.19. The van der Waals surface area contributed by atoms with E-state index in [9.17, 15) is 0 Å². The van der Waals surface area contributed by atoms with Crippen molar-refractivity contribution in [1.29, 1.82) is 0 Å². The first-order valence-electron chi connectivity index (χ1n) is 24.7. The number of aromatic nitrogens is 3. The van der Waals surface area contributed by atoms with Crippen molar-refractivity contribution in [3.05, 3.63) is 255 Å². The fourth-order valence-corrected chi connectivity index (χ4v) is 19.5. The molecule has 5 heteroatoms. The summed E-state index contributed by atoms with van der Waals surface area (Å²) in [6, 6.07) is 87.0. The van der Waals surface area contributed by atoms with Crippen LogP contribution in [-0.2, 0) is 0 Å². The average molecular weight is 940 g/mol. The van der Waals surface area contributed by atoms with Gasteiger partial charge in [-0.1, -0.05) is 188 Å². The van der Waals surface area contributed by atoms with E-state index >= 15 is 0 Å². The highest BCUT2D eigenvalue weighted by molar-refractivity contribution is 7.26. The molecule has 0 amide bonds. The Balaban J connectivity index is 1.02.